The summed E-state index contributed by atoms with van der Waals surface area (Å²) in [5.41, 5.74) is 6.33. The van der Waals surface area contributed by atoms with Crippen LogP contribution in [0.15, 0.2) is 39.5 Å². The average Bonchev–Trinajstić information content (AvgIpc) is 2.42. The van der Waals surface area contributed by atoms with E-state index in [1.165, 1.54) is 12.1 Å². The summed E-state index contributed by atoms with van der Waals surface area (Å²) in [5, 5.41) is 10.8. The third-order valence-corrected chi connectivity index (χ3v) is 3.60. The molecule has 6 nitrogen and oxygen atoms in total. The maximum absolute atomic E-state index is 10.8. The third kappa shape index (κ3) is 3.33. The number of benzene rings is 1. The van der Waals surface area contributed by atoms with E-state index in [9.17, 15) is 10.1 Å². The van der Waals surface area contributed by atoms with E-state index >= 15 is 0 Å². The van der Waals surface area contributed by atoms with Gasteiger partial charge in [0, 0.05) is 24.9 Å². The number of rotatable bonds is 4. The molecule has 0 spiro atoms. The summed E-state index contributed by atoms with van der Waals surface area (Å²) < 4.78 is 6.62. The van der Waals surface area contributed by atoms with E-state index in [2.05, 4.69) is 36.8 Å². The smallest absolute Gasteiger partial charge is 0.271 e. The highest BCUT2D eigenvalue weighted by atomic mass is 79.9. The maximum atomic E-state index is 10.8. The quantitative estimate of drug-likeness (QED) is 0.620. The Bertz CT molecular complexity index is 641. The van der Waals surface area contributed by atoms with Crippen molar-refractivity contribution >= 4 is 37.5 Å². The van der Waals surface area contributed by atoms with Gasteiger partial charge in [0.2, 0.25) is 0 Å². The van der Waals surface area contributed by atoms with E-state index in [0.29, 0.717) is 27.0 Å². The van der Waals surface area contributed by atoms with Crippen LogP contribution in [0, 0.1) is 10.1 Å². The van der Waals surface area contributed by atoms with Crippen molar-refractivity contribution in [3.05, 3.63) is 55.2 Å². The first-order valence-electron chi connectivity index (χ1n) is 5.46. The van der Waals surface area contributed by atoms with Gasteiger partial charge in [-0.25, -0.2) is 0 Å². The summed E-state index contributed by atoms with van der Waals surface area (Å²) in [7, 11) is 0. The summed E-state index contributed by atoms with van der Waals surface area (Å²) in [4.78, 5) is 14.3. The monoisotopic (exact) mass is 401 g/mol. The summed E-state index contributed by atoms with van der Waals surface area (Å²) in [5.74, 6) is 0.940. The van der Waals surface area contributed by atoms with Crippen LogP contribution in [-0.4, -0.2) is 9.91 Å². The molecule has 0 saturated heterocycles. The number of halogens is 2. The number of nitro benzene ring substituents is 1. The first-order chi connectivity index (χ1) is 9.51. The molecule has 20 heavy (non-hydrogen) atoms. The van der Waals surface area contributed by atoms with E-state index in [1.807, 2.05) is 0 Å². The van der Waals surface area contributed by atoms with Crippen molar-refractivity contribution in [3.63, 3.8) is 0 Å². The Kier molecular flexibility index (Phi) is 4.69. The molecular weight excluding hydrogens is 394 g/mol. The fraction of sp³-hybridized carbons (Fsp3) is 0.0833. The van der Waals surface area contributed by atoms with Gasteiger partial charge >= 0.3 is 0 Å². The lowest BCUT2D eigenvalue weighted by molar-refractivity contribution is -0.385. The molecule has 0 atom stereocenters. The van der Waals surface area contributed by atoms with Crippen LogP contribution in [0.4, 0.5) is 5.69 Å². The van der Waals surface area contributed by atoms with Gasteiger partial charge < -0.3 is 10.5 Å². The van der Waals surface area contributed by atoms with E-state index in [0.717, 1.165) is 5.56 Å². The van der Waals surface area contributed by atoms with Crippen LogP contribution in [-0.2, 0) is 6.54 Å². The fourth-order valence-electron chi connectivity index (χ4n) is 1.50. The minimum absolute atomic E-state index is 0.0371. The molecule has 8 heteroatoms. The molecule has 0 fully saturated rings. The van der Waals surface area contributed by atoms with Crippen LogP contribution in [0.25, 0.3) is 0 Å². The molecule has 2 aromatic rings. The van der Waals surface area contributed by atoms with Crippen LogP contribution in [0.5, 0.6) is 11.5 Å². The van der Waals surface area contributed by atoms with Crippen LogP contribution >= 0.6 is 31.9 Å². The lowest BCUT2D eigenvalue weighted by Gasteiger charge is -2.10. The Morgan fingerprint density at radius 2 is 1.90 bits per heavy atom. The number of nitrogens with zero attached hydrogens (tertiary/aromatic N) is 2. The minimum Gasteiger partial charge on any atom is -0.453 e. The second-order valence-corrected chi connectivity index (χ2v) is 5.54. The van der Waals surface area contributed by atoms with Crippen molar-refractivity contribution in [3.8, 4) is 11.5 Å². The van der Waals surface area contributed by atoms with Gasteiger partial charge in [-0.15, -0.1) is 0 Å². The molecule has 0 saturated carbocycles. The summed E-state index contributed by atoms with van der Waals surface area (Å²) >= 11 is 6.51. The van der Waals surface area contributed by atoms with Crippen molar-refractivity contribution in [1.82, 2.24) is 4.98 Å². The largest absolute Gasteiger partial charge is 0.453 e. The number of nitrogens with two attached hydrogens (primary N) is 1. The van der Waals surface area contributed by atoms with E-state index in [1.54, 1.807) is 18.5 Å². The van der Waals surface area contributed by atoms with Gasteiger partial charge in [-0.05, 0) is 43.5 Å². The molecule has 1 aromatic carbocycles. The molecule has 0 amide bonds. The molecule has 2 N–H and O–H groups in total. The Morgan fingerprint density at radius 1 is 1.25 bits per heavy atom. The first-order valence-corrected chi connectivity index (χ1v) is 7.05. The van der Waals surface area contributed by atoms with Crippen LogP contribution < -0.4 is 10.5 Å². The molecule has 0 bridgehead atoms. The molecule has 0 unspecified atom stereocenters. The molecular formula is C12H9Br2N3O3. The first kappa shape index (κ1) is 14.9. The highest BCUT2D eigenvalue weighted by Gasteiger charge is 2.16. The molecule has 0 radical (unpaired) electrons. The van der Waals surface area contributed by atoms with Gasteiger partial charge in [-0.1, -0.05) is 0 Å². The molecule has 0 aliphatic carbocycles. The fourth-order valence-corrected chi connectivity index (χ4v) is 2.82. The van der Waals surface area contributed by atoms with Crippen molar-refractivity contribution in [2.24, 2.45) is 5.73 Å². The predicted octanol–water partition coefficient (Wildman–Crippen LogP) is 3.77. The van der Waals surface area contributed by atoms with Crippen LogP contribution in [0.1, 0.15) is 5.56 Å². The third-order valence-electron chi connectivity index (χ3n) is 2.42. The standard InChI is InChI=1S/C12H9Br2N3O3/c13-10-2-8(17(18)19)3-11(14)12(10)20-9-1-7(4-15)5-16-6-9/h1-3,5-6H,4,15H2. The van der Waals surface area contributed by atoms with E-state index in [4.69, 9.17) is 10.5 Å². The lowest BCUT2D eigenvalue weighted by atomic mass is 10.3. The van der Waals surface area contributed by atoms with Crippen LogP contribution in [0.3, 0.4) is 0 Å². The van der Waals surface area contributed by atoms with Crippen molar-refractivity contribution in [2.45, 2.75) is 6.54 Å². The molecule has 0 aliphatic heterocycles. The zero-order chi connectivity index (χ0) is 14.7. The Morgan fingerprint density at radius 3 is 2.45 bits per heavy atom. The highest BCUT2D eigenvalue weighted by molar-refractivity contribution is 9.11. The van der Waals surface area contributed by atoms with Gasteiger partial charge in [0.15, 0.2) is 5.75 Å². The lowest BCUT2D eigenvalue weighted by Crippen LogP contribution is -1.98. The average molecular weight is 403 g/mol. The molecule has 2 rings (SSSR count). The van der Waals surface area contributed by atoms with Crippen molar-refractivity contribution < 1.29 is 9.66 Å². The number of hydrogen-bond donors (Lipinski definition) is 1. The second-order valence-electron chi connectivity index (χ2n) is 3.83. The van der Waals surface area contributed by atoms with Crippen molar-refractivity contribution in [1.29, 1.82) is 0 Å². The van der Waals surface area contributed by atoms with Crippen molar-refractivity contribution in [2.75, 3.05) is 0 Å². The summed E-state index contributed by atoms with van der Waals surface area (Å²) in [6.07, 6.45) is 3.19. The number of nitro groups is 1. The summed E-state index contributed by atoms with van der Waals surface area (Å²) in [6.45, 7) is 0.354. The van der Waals surface area contributed by atoms with Gasteiger partial charge in [0.05, 0.1) is 20.1 Å². The Labute approximate surface area is 131 Å². The van der Waals surface area contributed by atoms with Gasteiger partial charge in [-0.2, -0.15) is 0 Å². The molecule has 104 valence electrons. The number of hydrogen-bond acceptors (Lipinski definition) is 5. The second kappa shape index (κ2) is 6.29. The molecule has 1 aromatic heterocycles. The number of aromatic nitrogens is 1. The van der Waals surface area contributed by atoms with Gasteiger partial charge in [0.1, 0.15) is 5.75 Å². The Balaban J connectivity index is 2.36. The Hall–Kier alpha value is -1.51. The number of ether oxygens (including phenoxy) is 1. The SMILES string of the molecule is NCc1cncc(Oc2c(Br)cc([N+](=O)[O-])cc2Br)c1. The maximum Gasteiger partial charge on any atom is 0.271 e. The predicted molar refractivity (Wildman–Crippen MR) is 80.7 cm³/mol. The number of pyridine rings is 1. The normalized spacial score (nSPS) is 10.3. The van der Waals surface area contributed by atoms with Gasteiger partial charge in [-0.3, -0.25) is 15.1 Å². The van der Waals surface area contributed by atoms with E-state index in [-0.39, 0.29) is 5.69 Å². The topological polar surface area (TPSA) is 91.3 Å². The van der Waals surface area contributed by atoms with Crippen LogP contribution in [0.2, 0.25) is 0 Å². The number of non-ortho nitro benzene ring substituents is 1. The van der Waals surface area contributed by atoms with E-state index < -0.39 is 4.92 Å². The minimum atomic E-state index is -0.476. The molecule has 1 heterocycles. The zero-order valence-corrected chi connectivity index (χ0v) is 13.2. The van der Waals surface area contributed by atoms with Gasteiger partial charge in [0.25, 0.3) is 5.69 Å². The molecule has 0 aliphatic rings. The summed E-state index contributed by atoms with van der Waals surface area (Å²) in [6, 6.07) is 4.51. The zero-order valence-electron chi connectivity index (χ0n) is 10.0. The highest BCUT2D eigenvalue weighted by Crippen LogP contribution is 2.39.